The lowest BCUT2D eigenvalue weighted by molar-refractivity contribution is 0.404. The summed E-state index contributed by atoms with van der Waals surface area (Å²) in [4.78, 5) is 6.53. The molecule has 17 heavy (non-hydrogen) atoms. The van der Waals surface area contributed by atoms with Gasteiger partial charge in [0, 0.05) is 19.3 Å². The lowest BCUT2D eigenvalue weighted by atomic mass is 9.95. The summed E-state index contributed by atoms with van der Waals surface area (Å²) in [7, 11) is 0. The van der Waals surface area contributed by atoms with E-state index in [4.69, 9.17) is 11.1 Å². The van der Waals surface area contributed by atoms with Crippen LogP contribution >= 0.6 is 0 Å². The summed E-state index contributed by atoms with van der Waals surface area (Å²) in [6.45, 7) is 4.34. The third kappa shape index (κ3) is 2.57. The van der Waals surface area contributed by atoms with Gasteiger partial charge in [0.1, 0.15) is 11.5 Å². The van der Waals surface area contributed by atoms with Gasteiger partial charge in [-0.2, -0.15) is 0 Å². The Morgan fingerprint density at radius 2 is 2.47 bits per heavy atom. The fourth-order valence-corrected chi connectivity index (χ4v) is 2.48. The second-order valence-electron chi connectivity index (χ2n) is 4.65. The number of nitrogen functional groups attached to an aromatic ring is 1. The zero-order valence-electron chi connectivity index (χ0n) is 10.3. The summed E-state index contributed by atoms with van der Waals surface area (Å²) in [6.07, 6.45) is 5.43. The van der Waals surface area contributed by atoms with E-state index in [0.717, 1.165) is 24.7 Å². The Morgan fingerprint density at radius 1 is 1.65 bits per heavy atom. The van der Waals surface area contributed by atoms with Gasteiger partial charge in [0.25, 0.3) is 0 Å². The molecule has 0 amide bonds. The number of nitrogens with zero attached hydrogens (tertiary/aromatic N) is 2. The summed E-state index contributed by atoms with van der Waals surface area (Å²) in [6, 6.07) is 3.93. The molecule has 1 aliphatic rings. The largest absolute Gasteiger partial charge is 0.382 e. The molecule has 1 fully saturated rings. The molecule has 1 aromatic rings. The highest BCUT2D eigenvalue weighted by Crippen LogP contribution is 2.26. The van der Waals surface area contributed by atoms with Crippen LogP contribution in [0.3, 0.4) is 0 Å². The Hall–Kier alpha value is -1.58. The number of pyridine rings is 1. The van der Waals surface area contributed by atoms with E-state index in [0.29, 0.717) is 5.69 Å². The van der Waals surface area contributed by atoms with Gasteiger partial charge in [-0.1, -0.05) is 13.3 Å². The van der Waals surface area contributed by atoms with Crippen molar-refractivity contribution < 1.29 is 0 Å². The maximum absolute atomic E-state index is 7.58. The van der Waals surface area contributed by atoms with E-state index >= 15 is 0 Å². The number of hydrogen-bond donors (Lipinski definition) is 2. The Balaban J connectivity index is 2.24. The van der Waals surface area contributed by atoms with Crippen molar-refractivity contribution in [1.29, 1.82) is 5.41 Å². The van der Waals surface area contributed by atoms with E-state index in [1.54, 1.807) is 6.20 Å². The van der Waals surface area contributed by atoms with E-state index < -0.39 is 0 Å². The van der Waals surface area contributed by atoms with Crippen molar-refractivity contribution in [2.75, 3.05) is 18.0 Å². The molecule has 0 radical (unpaired) electrons. The van der Waals surface area contributed by atoms with Gasteiger partial charge in [-0.15, -0.1) is 0 Å². The molecule has 3 N–H and O–H groups in total. The van der Waals surface area contributed by atoms with Crippen LogP contribution in [-0.4, -0.2) is 23.9 Å². The number of amidine groups is 1. The van der Waals surface area contributed by atoms with E-state index in [1.165, 1.54) is 19.3 Å². The number of rotatable bonds is 3. The molecule has 4 heteroatoms. The van der Waals surface area contributed by atoms with Crippen LogP contribution in [0.25, 0.3) is 0 Å². The molecule has 0 aliphatic carbocycles. The van der Waals surface area contributed by atoms with Crippen molar-refractivity contribution in [3.8, 4) is 0 Å². The Bertz CT molecular complexity index is 402. The van der Waals surface area contributed by atoms with Crippen LogP contribution in [-0.2, 0) is 0 Å². The first-order valence-corrected chi connectivity index (χ1v) is 6.26. The lowest BCUT2D eigenvalue weighted by Crippen LogP contribution is -2.36. The zero-order valence-corrected chi connectivity index (χ0v) is 10.3. The maximum Gasteiger partial charge on any atom is 0.143 e. The summed E-state index contributed by atoms with van der Waals surface area (Å²) >= 11 is 0. The predicted molar refractivity (Wildman–Crippen MR) is 70.5 cm³/mol. The van der Waals surface area contributed by atoms with Gasteiger partial charge in [-0.25, -0.2) is 0 Å². The molecule has 0 aromatic carbocycles. The summed E-state index contributed by atoms with van der Waals surface area (Å²) in [5.74, 6) is 0.808. The molecule has 2 heterocycles. The normalized spacial score (nSPS) is 20.3. The van der Waals surface area contributed by atoms with Gasteiger partial charge >= 0.3 is 0 Å². The smallest absolute Gasteiger partial charge is 0.143 e. The molecular formula is C13H20N4. The van der Waals surface area contributed by atoms with Gasteiger partial charge in [0.15, 0.2) is 0 Å². The fourth-order valence-electron chi connectivity index (χ4n) is 2.48. The SMILES string of the molecule is CCC1CCCN(c2cccnc2C(=N)N)C1. The van der Waals surface area contributed by atoms with Crippen LogP contribution in [0.5, 0.6) is 0 Å². The minimum atomic E-state index is 0.0548. The standard InChI is InChI=1S/C13H20N4/c1-2-10-5-4-8-17(9-10)11-6-3-7-16-12(11)13(14)15/h3,6-7,10H,2,4-5,8-9H2,1H3,(H3,14,15). The number of piperidine rings is 1. The third-order valence-corrected chi connectivity index (χ3v) is 3.48. The Morgan fingerprint density at radius 3 is 3.18 bits per heavy atom. The van der Waals surface area contributed by atoms with Crippen molar-refractivity contribution in [3.63, 3.8) is 0 Å². The second-order valence-corrected chi connectivity index (χ2v) is 4.65. The first-order chi connectivity index (χ1) is 8.22. The number of nitrogens with one attached hydrogen (secondary N) is 1. The Labute approximate surface area is 102 Å². The molecule has 1 atom stereocenters. The molecule has 1 saturated heterocycles. The Kier molecular flexibility index (Phi) is 3.61. The fraction of sp³-hybridized carbons (Fsp3) is 0.538. The quantitative estimate of drug-likeness (QED) is 0.618. The van der Waals surface area contributed by atoms with Crippen molar-refractivity contribution in [2.45, 2.75) is 26.2 Å². The van der Waals surface area contributed by atoms with Gasteiger partial charge in [-0.05, 0) is 30.9 Å². The van der Waals surface area contributed by atoms with E-state index in [9.17, 15) is 0 Å². The van der Waals surface area contributed by atoms with E-state index in [2.05, 4.69) is 16.8 Å². The topological polar surface area (TPSA) is 66.0 Å². The monoisotopic (exact) mass is 232 g/mol. The maximum atomic E-state index is 7.58. The molecule has 0 saturated carbocycles. The van der Waals surface area contributed by atoms with E-state index in [-0.39, 0.29) is 5.84 Å². The van der Waals surface area contributed by atoms with Crippen LogP contribution in [0, 0.1) is 11.3 Å². The molecule has 1 aromatic heterocycles. The number of nitrogens with two attached hydrogens (primary N) is 1. The highest BCUT2D eigenvalue weighted by Gasteiger charge is 2.21. The van der Waals surface area contributed by atoms with Crippen LogP contribution in [0.4, 0.5) is 5.69 Å². The van der Waals surface area contributed by atoms with Crippen LogP contribution in [0.15, 0.2) is 18.3 Å². The summed E-state index contributed by atoms with van der Waals surface area (Å²) < 4.78 is 0. The minimum Gasteiger partial charge on any atom is -0.382 e. The van der Waals surface area contributed by atoms with Crippen LogP contribution < -0.4 is 10.6 Å². The zero-order chi connectivity index (χ0) is 12.3. The van der Waals surface area contributed by atoms with Crippen molar-refractivity contribution in [1.82, 2.24) is 4.98 Å². The van der Waals surface area contributed by atoms with Crippen molar-refractivity contribution >= 4 is 11.5 Å². The van der Waals surface area contributed by atoms with Crippen molar-refractivity contribution in [3.05, 3.63) is 24.0 Å². The molecule has 0 spiro atoms. The third-order valence-electron chi connectivity index (χ3n) is 3.48. The number of aromatic nitrogens is 1. The van der Waals surface area contributed by atoms with Gasteiger partial charge in [0.05, 0.1) is 5.69 Å². The molecule has 4 nitrogen and oxygen atoms in total. The van der Waals surface area contributed by atoms with E-state index in [1.807, 2.05) is 12.1 Å². The molecule has 92 valence electrons. The first-order valence-electron chi connectivity index (χ1n) is 6.26. The molecule has 2 rings (SSSR count). The lowest BCUT2D eigenvalue weighted by Gasteiger charge is -2.34. The highest BCUT2D eigenvalue weighted by molar-refractivity contribution is 5.98. The summed E-state index contributed by atoms with van der Waals surface area (Å²) in [5.41, 5.74) is 7.21. The van der Waals surface area contributed by atoms with Crippen LogP contribution in [0.1, 0.15) is 31.9 Å². The predicted octanol–water partition coefficient (Wildman–Crippen LogP) is 1.99. The summed E-state index contributed by atoms with van der Waals surface area (Å²) in [5, 5.41) is 7.58. The first kappa shape index (κ1) is 11.9. The van der Waals surface area contributed by atoms with Crippen molar-refractivity contribution in [2.24, 2.45) is 11.7 Å². The van der Waals surface area contributed by atoms with Gasteiger partial charge in [-0.3, -0.25) is 10.4 Å². The van der Waals surface area contributed by atoms with Crippen LogP contribution in [0.2, 0.25) is 0 Å². The average molecular weight is 232 g/mol. The highest BCUT2D eigenvalue weighted by atomic mass is 15.1. The molecule has 1 unspecified atom stereocenters. The molecule has 1 aliphatic heterocycles. The molecule has 0 bridgehead atoms. The second kappa shape index (κ2) is 5.17. The molecular weight excluding hydrogens is 212 g/mol. The average Bonchev–Trinajstić information content (AvgIpc) is 2.39. The minimum absolute atomic E-state index is 0.0548. The van der Waals surface area contributed by atoms with Gasteiger partial charge < -0.3 is 10.6 Å². The number of hydrogen-bond acceptors (Lipinski definition) is 3. The number of anilines is 1. The van der Waals surface area contributed by atoms with Gasteiger partial charge in [0.2, 0.25) is 0 Å².